The summed E-state index contributed by atoms with van der Waals surface area (Å²) in [7, 11) is 1.50. The predicted octanol–water partition coefficient (Wildman–Crippen LogP) is 12.1. The summed E-state index contributed by atoms with van der Waals surface area (Å²) in [5.41, 5.74) is 3.24. The van der Waals surface area contributed by atoms with Crippen molar-refractivity contribution >= 4 is 23.3 Å². The van der Waals surface area contributed by atoms with Crippen molar-refractivity contribution in [1.29, 1.82) is 0 Å². The fraction of sp³-hybridized carbons (Fsp3) is 0.690. The number of allylic oxidation sites excluding steroid dienone is 5. The standard InChI is InChI=1S/C58H74O8/c1-32-26-41-49(4,30-38(32)60)19-23-53(8)40-15-14-34-35(51(40,6)20-24-54(41,53)9)28-44(61)58(57(34,12)66-58)65-39-27-36-45(33(2)46(39)62)37(59)29-42-52(36,7)21-25-56(11)43-31-50(5,47(63)64-13)17-16-48(43,3)18-22-55(42,56)10/h14-15,27-29,32,41,43,62H,16-26,30-31H2,1-13H3/t32-,41+,43-,48-,49+,50-,51+,52+,53-,54+,55-,56+,57+,58-/m1/s1. The Morgan fingerprint density at radius 3 is 2.03 bits per heavy atom. The van der Waals surface area contributed by atoms with Crippen molar-refractivity contribution in [2.75, 3.05) is 7.11 Å². The molecule has 1 saturated heterocycles. The minimum Gasteiger partial charge on any atom is -0.504 e. The van der Waals surface area contributed by atoms with Crippen LogP contribution in [0.3, 0.4) is 0 Å². The lowest BCUT2D eigenvalue weighted by Gasteiger charge is -2.69. The van der Waals surface area contributed by atoms with Crippen molar-refractivity contribution in [2.45, 2.75) is 183 Å². The molecule has 10 aliphatic rings. The van der Waals surface area contributed by atoms with Gasteiger partial charge in [0.25, 0.3) is 0 Å². The number of phenols is 1. The number of rotatable bonds is 3. The van der Waals surface area contributed by atoms with E-state index in [1.54, 1.807) is 13.0 Å². The smallest absolute Gasteiger partial charge is 0.311 e. The van der Waals surface area contributed by atoms with Gasteiger partial charge in [-0.1, -0.05) is 80.0 Å². The highest BCUT2D eigenvalue weighted by Crippen LogP contribution is 2.78. The number of methoxy groups -OCH3 is 1. The summed E-state index contributed by atoms with van der Waals surface area (Å²) in [6.45, 7) is 27.1. The molecule has 1 N–H and O–H groups in total. The van der Waals surface area contributed by atoms with Gasteiger partial charge in [-0.25, -0.2) is 0 Å². The second-order valence-corrected chi connectivity index (χ2v) is 26.2. The largest absolute Gasteiger partial charge is 0.504 e. The molecule has 1 aromatic rings. The number of benzene rings is 1. The van der Waals surface area contributed by atoms with E-state index in [1.165, 1.54) is 12.7 Å². The summed E-state index contributed by atoms with van der Waals surface area (Å²) in [4.78, 5) is 55.8. The minimum atomic E-state index is -1.66. The Balaban J connectivity index is 0.940. The minimum absolute atomic E-state index is 0.00933. The van der Waals surface area contributed by atoms with E-state index in [0.29, 0.717) is 29.2 Å². The van der Waals surface area contributed by atoms with Crippen LogP contribution in [0.25, 0.3) is 0 Å². The maximum absolute atomic E-state index is 14.9. The average molecular weight is 899 g/mol. The summed E-state index contributed by atoms with van der Waals surface area (Å²) < 4.78 is 18.9. The average Bonchev–Trinajstić information content (AvgIpc) is 3.90. The van der Waals surface area contributed by atoms with Crippen LogP contribution in [0, 0.1) is 68.0 Å². The van der Waals surface area contributed by atoms with E-state index in [2.05, 4.69) is 81.4 Å². The van der Waals surface area contributed by atoms with Crippen molar-refractivity contribution < 1.29 is 38.5 Å². The zero-order valence-corrected chi connectivity index (χ0v) is 42.1. The third-order valence-electron chi connectivity index (χ3n) is 23.3. The van der Waals surface area contributed by atoms with Gasteiger partial charge in [0.05, 0.1) is 12.5 Å². The summed E-state index contributed by atoms with van der Waals surface area (Å²) in [6, 6.07) is 1.85. The number of ether oxygens (including phenoxy) is 3. The molecule has 0 aromatic heterocycles. The van der Waals surface area contributed by atoms with Gasteiger partial charge < -0.3 is 19.3 Å². The summed E-state index contributed by atoms with van der Waals surface area (Å²) in [5.74, 6) is -0.941. The monoisotopic (exact) mass is 899 g/mol. The first-order valence-corrected chi connectivity index (χ1v) is 25.5. The normalized spacial score (nSPS) is 49.5. The highest BCUT2D eigenvalue weighted by atomic mass is 16.8. The molecule has 0 bridgehead atoms. The van der Waals surface area contributed by atoms with Crippen LogP contribution >= 0.6 is 0 Å². The van der Waals surface area contributed by atoms with Crippen LogP contribution in [-0.4, -0.2) is 46.9 Å². The van der Waals surface area contributed by atoms with Crippen molar-refractivity contribution in [1.82, 2.24) is 0 Å². The number of carbonyl (C=O) groups excluding carboxylic acids is 4. The summed E-state index contributed by atoms with van der Waals surface area (Å²) in [6.07, 6.45) is 20.0. The third-order valence-corrected chi connectivity index (χ3v) is 23.3. The number of epoxide rings is 1. The highest BCUT2D eigenvalue weighted by molar-refractivity contribution is 6.10. The van der Waals surface area contributed by atoms with Gasteiger partial charge in [-0.2, -0.15) is 0 Å². The SMILES string of the molecule is COC(=O)[C@]1(C)CC[C@]2(C)CC[C@]3(C)C4=CC(=O)c5c(cc(O[C@]67O[C@@]6(C)C6=CC=C8[C@@](C)(CC[C@@]9(C)[C@H]%10C[C@@H](C)C(=O)C[C@]%10(C)CC[C@]89C)C6=CC7=O)c(O)c5C)[C@]4(C)CC[C@@]3(C)[C@@H]2C1. The molecule has 11 rings (SSSR count). The van der Waals surface area contributed by atoms with E-state index in [0.717, 1.165) is 99.3 Å². The Morgan fingerprint density at radius 1 is 0.727 bits per heavy atom. The Hall–Kier alpha value is -3.78. The number of hydrogen-bond donors (Lipinski definition) is 1. The lowest BCUT2D eigenvalue weighted by Crippen LogP contribution is -2.62. The molecule has 6 saturated carbocycles. The number of phenolic OH excluding ortho intramolecular Hbond substituents is 1. The molecule has 354 valence electrons. The summed E-state index contributed by atoms with van der Waals surface area (Å²) >= 11 is 0. The molecule has 14 atom stereocenters. The van der Waals surface area contributed by atoms with Gasteiger partial charge in [0.1, 0.15) is 5.78 Å². The topological polar surface area (TPSA) is 120 Å². The van der Waals surface area contributed by atoms with Crippen LogP contribution in [0.2, 0.25) is 0 Å². The van der Waals surface area contributed by atoms with Gasteiger partial charge >= 0.3 is 11.8 Å². The van der Waals surface area contributed by atoms with Crippen LogP contribution < -0.4 is 4.74 Å². The van der Waals surface area contributed by atoms with Crippen LogP contribution in [0.1, 0.15) is 181 Å². The molecule has 8 heteroatoms. The number of ketones is 3. The van der Waals surface area contributed by atoms with Gasteiger partial charge in [-0.15, -0.1) is 0 Å². The maximum Gasteiger partial charge on any atom is 0.311 e. The summed E-state index contributed by atoms with van der Waals surface area (Å²) in [5, 5.41) is 12.0. The Labute approximate surface area is 392 Å². The van der Waals surface area contributed by atoms with E-state index in [9.17, 15) is 24.3 Å². The molecular weight excluding hydrogens is 825 g/mol. The lowest BCUT2D eigenvalue weighted by atomic mass is 9.34. The number of Topliss-reactive ketones (excluding diaryl/α,β-unsaturated/α-hetero) is 1. The Bertz CT molecular complexity index is 2630. The van der Waals surface area contributed by atoms with Crippen LogP contribution in [0.15, 0.2) is 52.7 Å². The van der Waals surface area contributed by atoms with Crippen molar-refractivity contribution in [3.05, 3.63) is 69.4 Å². The number of fused-ring (bicyclic) bond motifs is 16. The zero-order valence-electron chi connectivity index (χ0n) is 42.1. The first-order valence-electron chi connectivity index (χ1n) is 25.5. The van der Waals surface area contributed by atoms with Gasteiger partial charge in [-0.3, -0.25) is 19.2 Å². The first-order chi connectivity index (χ1) is 30.6. The predicted molar refractivity (Wildman–Crippen MR) is 253 cm³/mol. The van der Waals surface area contributed by atoms with E-state index >= 15 is 0 Å². The molecular formula is C58H74O8. The quantitative estimate of drug-likeness (QED) is 0.235. The molecule has 0 radical (unpaired) electrons. The van der Waals surface area contributed by atoms with E-state index in [1.807, 2.05) is 19.1 Å². The number of aromatic hydroxyl groups is 1. The molecule has 0 unspecified atom stereocenters. The van der Waals surface area contributed by atoms with Crippen LogP contribution in [-0.2, 0) is 29.3 Å². The number of hydrogen-bond acceptors (Lipinski definition) is 8. The Morgan fingerprint density at radius 2 is 1.35 bits per heavy atom. The molecule has 0 spiro atoms. The van der Waals surface area contributed by atoms with E-state index in [-0.39, 0.29) is 78.8 Å². The van der Waals surface area contributed by atoms with Gasteiger partial charge in [0.15, 0.2) is 22.9 Å². The molecule has 8 nitrogen and oxygen atoms in total. The lowest BCUT2D eigenvalue weighted by molar-refractivity contribution is -0.179. The number of esters is 1. The van der Waals surface area contributed by atoms with E-state index < -0.39 is 22.2 Å². The third kappa shape index (κ3) is 4.97. The van der Waals surface area contributed by atoms with Gasteiger partial charge in [0.2, 0.25) is 5.78 Å². The van der Waals surface area contributed by atoms with E-state index in [4.69, 9.17) is 14.2 Å². The molecule has 1 aromatic carbocycles. The maximum atomic E-state index is 14.9. The molecule has 7 fully saturated rings. The Kier molecular flexibility index (Phi) is 8.73. The molecule has 9 aliphatic carbocycles. The van der Waals surface area contributed by atoms with Crippen molar-refractivity contribution in [3.8, 4) is 11.5 Å². The van der Waals surface area contributed by atoms with Crippen molar-refractivity contribution in [3.63, 3.8) is 0 Å². The number of carbonyl (C=O) groups is 4. The molecule has 0 amide bonds. The van der Waals surface area contributed by atoms with Gasteiger partial charge in [-0.05, 0) is 183 Å². The van der Waals surface area contributed by atoms with Crippen LogP contribution in [0.5, 0.6) is 11.5 Å². The first kappa shape index (κ1) is 44.7. The second kappa shape index (κ2) is 12.9. The van der Waals surface area contributed by atoms with Crippen molar-refractivity contribution in [2.24, 2.45) is 61.1 Å². The highest BCUT2D eigenvalue weighted by Gasteiger charge is 2.80. The fourth-order valence-electron chi connectivity index (χ4n) is 18.3. The van der Waals surface area contributed by atoms with Gasteiger partial charge in [0, 0.05) is 34.3 Å². The molecule has 66 heavy (non-hydrogen) atoms. The molecule has 1 heterocycles. The zero-order chi connectivity index (χ0) is 47.6. The fourth-order valence-corrected chi connectivity index (χ4v) is 18.3. The van der Waals surface area contributed by atoms with Crippen LogP contribution in [0.4, 0.5) is 0 Å². The molecule has 1 aliphatic heterocycles. The second-order valence-electron chi connectivity index (χ2n) is 26.2.